The van der Waals surface area contributed by atoms with Crippen molar-refractivity contribution in [3.05, 3.63) is 83.9 Å². The first-order valence-corrected chi connectivity index (χ1v) is 10.6. The van der Waals surface area contributed by atoms with Crippen molar-refractivity contribution in [3.8, 4) is 0 Å². The largest absolute Gasteiger partial charge is 0.465 e. The number of alkyl carbamates (subject to hydrolysis) is 1. The second kappa shape index (κ2) is 11.9. The van der Waals surface area contributed by atoms with Crippen molar-refractivity contribution >= 4 is 12.1 Å². The highest BCUT2D eigenvalue weighted by atomic mass is 16.6. The van der Waals surface area contributed by atoms with E-state index in [9.17, 15) is 9.59 Å². The van der Waals surface area contributed by atoms with E-state index in [2.05, 4.69) is 17.4 Å². The van der Waals surface area contributed by atoms with E-state index in [-0.39, 0.29) is 24.5 Å². The summed E-state index contributed by atoms with van der Waals surface area (Å²) in [5.41, 5.74) is 1.69. The summed E-state index contributed by atoms with van der Waals surface area (Å²) < 4.78 is 10.7. The molecule has 0 fully saturated rings. The van der Waals surface area contributed by atoms with Gasteiger partial charge in [-0.15, -0.1) is 0 Å². The number of benzene rings is 2. The maximum absolute atomic E-state index is 12.4. The molecule has 31 heavy (non-hydrogen) atoms. The van der Waals surface area contributed by atoms with E-state index in [0.29, 0.717) is 6.42 Å². The summed E-state index contributed by atoms with van der Waals surface area (Å²) in [6.45, 7) is 7.20. The van der Waals surface area contributed by atoms with Gasteiger partial charge in [-0.1, -0.05) is 72.8 Å². The molecule has 5 nitrogen and oxygen atoms in total. The normalized spacial score (nSPS) is 13.4. The molecule has 0 unspecified atom stereocenters. The van der Waals surface area contributed by atoms with Gasteiger partial charge in [0.15, 0.2) is 0 Å². The van der Waals surface area contributed by atoms with Gasteiger partial charge < -0.3 is 14.8 Å². The summed E-state index contributed by atoms with van der Waals surface area (Å²) in [6.07, 6.45) is 4.88. The monoisotopic (exact) mass is 423 g/mol. The molecule has 0 aliphatic rings. The van der Waals surface area contributed by atoms with Gasteiger partial charge in [0, 0.05) is 12.8 Å². The average Bonchev–Trinajstić information content (AvgIpc) is 2.70. The third-order valence-electron chi connectivity index (χ3n) is 4.46. The van der Waals surface area contributed by atoms with Gasteiger partial charge >= 0.3 is 12.1 Å². The van der Waals surface area contributed by atoms with Crippen molar-refractivity contribution < 1.29 is 19.1 Å². The predicted molar refractivity (Wildman–Crippen MR) is 123 cm³/mol. The molecule has 0 radical (unpaired) electrons. The molecule has 0 aliphatic carbocycles. The Bertz CT molecular complexity index is 841. The van der Waals surface area contributed by atoms with Crippen molar-refractivity contribution in [3.63, 3.8) is 0 Å². The Morgan fingerprint density at radius 3 is 1.97 bits per heavy atom. The van der Waals surface area contributed by atoms with Gasteiger partial charge in [0.05, 0.1) is 12.6 Å². The second-order valence-corrected chi connectivity index (χ2v) is 8.58. The highest BCUT2D eigenvalue weighted by Gasteiger charge is 2.19. The van der Waals surface area contributed by atoms with Crippen molar-refractivity contribution in [1.29, 1.82) is 0 Å². The fraction of sp³-hybridized carbons (Fsp3) is 0.385. The van der Waals surface area contributed by atoms with Gasteiger partial charge in [-0.3, -0.25) is 4.79 Å². The van der Waals surface area contributed by atoms with Crippen molar-refractivity contribution in [2.24, 2.45) is 5.92 Å². The highest BCUT2D eigenvalue weighted by molar-refractivity contribution is 5.68. The van der Waals surface area contributed by atoms with Crippen molar-refractivity contribution in [2.45, 2.75) is 52.2 Å². The number of amides is 1. The summed E-state index contributed by atoms with van der Waals surface area (Å²) in [5, 5.41) is 2.95. The van der Waals surface area contributed by atoms with Crippen LogP contribution in [0.2, 0.25) is 0 Å². The zero-order valence-corrected chi connectivity index (χ0v) is 18.8. The lowest BCUT2D eigenvalue weighted by Gasteiger charge is -2.23. The lowest BCUT2D eigenvalue weighted by molar-refractivity contribution is -0.141. The molecule has 5 heteroatoms. The molecule has 0 spiro atoms. The van der Waals surface area contributed by atoms with Gasteiger partial charge in [-0.05, 0) is 44.7 Å². The van der Waals surface area contributed by atoms with Crippen molar-refractivity contribution in [2.75, 3.05) is 6.61 Å². The number of carbonyl (C=O) groups excluding carboxylic acids is 2. The lowest BCUT2D eigenvalue weighted by atomic mass is 9.97. The number of ether oxygens (including phenoxy) is 2. The molecule has 1 N–H and O–H groups in total. The molecule has 2 rings (SSSR count). The number of hydrogen-bond acceptors (Lipinski definition) is 4. The van der Waals surface area contributed by atoms with Gasteiger partial charge in [-0.2, -0.15) is 0 Å². The first-order chi connectivity index (χ1) is 14.7. The summed E-state index contributed by atoms with van der Waals surface area (Å²) in [6, 6.07) is 19.8. The Hall–Kier alpha value is -3.08. The molecular weight excluding hydrogens is 390 g/mol. The Morgan fingerprint density at radius 2 is 1.45 bits per heavy atom. The molecule has 0 saturated carbocycles. The fourth-order valence-electron chi connectivity index (χ4n) is 3.11. The van der Waals surface area contributed by atoms with Gasteiger partial charge in [0.2, 0.25) is 0 Å². The van der Waals surface area contributed by atoms with Crippen LogP contribution in [-0.4, -0.2) is 30.3 Å². The number of rotatable bonds is 9. The van der Waals surface area contributed by atoms with Crippen LogP contribution in [0.15, 0.2) is 72.8 Å². The van der Waals surface area contributed by atoms with E-state index in [4.69, 9.17) is 9.47 Å². The van der Waals surface area contributed by atoms with E-state index in [1.54, 1.807) is 0 Å². The van der Waals surface area contributed by atoms with Crippen LogP contribution in [0.4, 0.5) is 4.79 Å². The Balaban J connectivity index is 2.15. The fourth-order valence-corrected chi connectivity index (χ4v) is 3.11. The molecule has 0 saturated heterocycles. The SMILES string of the molecule is CC(=O)OC[C@H](/C=C/[C@H](Cc1ccccc1)NC(=O)OC(C)(C)C)Cc1ccccc1. The standard InChI is InChI=1S/C26H33NO4/c1-20(28)30-19-23(17-21-11-7-5-8-12-21)15-16-24(18-22-13-9-6-10-14-22)27-25(29)31-26(2,3)4/h5-16,23-24H,17-19H2,1-4H3,(H,27,29)/b16-15+/t23-,24-/m1/s1. The molecule has 0 heterocycles. The Kier molecular flexibility index (Phi) is 9.32. The van der Waals surface area contributed by atoms with E-state index >= 15 is 0 Å². The minimum atomic E-state index is -0.573. The first kappa shape index (κ1) is 24.2. The van der Waals surface area contributed by atoms with Gasteiger partial charge in [0.1, 0.15) is 5.60 Å². The Morgan fingerprint density at radius 1 is 0.903 bits per heavy atom. The van der Waals surface area contributed by atoms with E-state index < -0.39 is 11.7 Å². The topological polar surface area (TPSA) is 64.6 Å². The smallest absolute Gasteiger partial charge is 0.408 e. The third kappa shape index (κ3) is 10.5. The minimum absolute atomic E-state index is 0.00925. The van der Waals surface area contributed by atoms with Crippen LogP contribution in [0.1, 0.15) is 38.8 Å². The van der Waals surface area contributed by atoms with E-state index in [0.717, 1.165) is 17.5 Å². The van der Waals surface area contributed by atoms with Gasteiger partial charge in [-0.25, -0.2) is 4.79 Å². The summed E-state index contributed by atoms with van der Waals surface area (Å²) in [7, 11) is 0. The van der Waals surface area contributed by atoms with Crippen LogP contribution in [0.25, 0.3) is 0 Å². The minimum Gasteiger partial charge on any atom is -0.465 e. The summed E-state index contributed by atoms with van der Waals surface area (Å²) in [4.78, 5) is 23.7. The molecule has 0 aliphatic heterocycles. The quantitative estimate of drug-likeness (QED) is 0.450. The number of nitrogens with one attached hydrogen (secondary N) is 1. The maximum Gasteiger partial charge on any atom is 0.408 e. The van der Waals surface area contributed by atoms with E-state index in [1.807, 2.05) is 81.5 Å². The van der Waals surface area contributed by atoms with Crippen LogP contribution < -0.4 is 5.32 Å². The highest BCUT2D eigenvalue weighted by Crippen LogP contribution is 2.14. The van der Waals surface area contributed by atoms with Crippen LogP contribution in [0.3, 0.4) is 0 Å². The third-order valence-corrected chi connectivity index (χ3v) is 4.46. The van der Waals surface area contributed by atoms with Crippen LogP contribution >= 0.6 is 0 Å². The summed E-state index contributed by atoms with van der Waals surface area (Å²) in [5.74, 6) is -0.316. The zero-order chi connectivity index (χ0) is 22.7. The Labute approximate surface area is 185 Å². The van der Waals surface area contributed by atoms with Crippen LogP contribution in [0, 0.1) is 5.92 Å². The molecule has 2 atom stereocenters. The van der Waals surface area contributed by atoms with Gasteiger partial charge in [0.25, 0.3) is 0 Å². The molecule has 2 aromatic rings. The second-order valence-electron chi connectivity index (χ2n) is 8.58. The molecular formula is C26H33NO4. The zero-order valence-electron chi connectivity index (χ0n) is 18.8. The molecule has 2 aromatic carbocycles. The average molecular weight is 424 g/mol. The maximum atomic E-state index is 12.4. The molecule has 1 amide bonds. The first-order valence-electron chi connectivity index (χ1n) is 10.6. The van der Waals surface area contributed by atoms with Crippen LogP contribution in [-0.2, 0) is 27.1 Å². The molecule has 166 valence electrons. The number of hydrogen-bond donors (Lipinski definition) is 1. The number of esters is 1. The summed E-state index contributed by atoms with van der Waals surface area (Å²) >= 11 is 0. The number of carbonyl (C=O) groups is 2. The molecule has 0 aromatic heterocycles. The van der Waals surface area contributed by atoms with Crippen LogP contribution in [0.5, 0.6) is 0 Å². The predicted octanol–water partition coefficient (Wildman–Crippen LogP) is 5.10. The molecule has 0 bridgehead atoms. The van der Waals surface area contributed by atoms with Crippen molar-refractivity contribution in [1.82, 2.24) is 5.32 Å². The van der Waals surface area contributed by atoms with E-state index in [1.165, 1.54) is 6.92 Å². The lowest BCUT2D eigenvalue weighted by Crippen LogP contribution is -2.39.